The predicted molar refractivity (Wildman–Crippen MR) is 99.7 cm³/mol. The zero-order valence-corrected chi connectivity index (χ0v) is 15.2. The summed E-state index contributed by atoms with van der Waals surface area (Å²) in [5.74, 6) is -0.00442. The van der Waals surface area contributed by atoms with Crippen LogP contribution in [0.25, 0.3) is 10.2 Å². The van der Waals surface area contributed by atoms with Crippen LogP contribution in [0.1, 0.15) is 21.5 Å². The average Bonchev–Trinajstić information content (AvgIpc) is 3.19. The first kappa shape index (κ1) is 16.9. The molecule has 0 fully saturated rings. The standard InChI is InChI=1S/C17H19N3O2S2/c1-11-7-13(8-14-15(11)19-17(18)24-14)16(21)20(4-5-22-2)9-12-3-6-23-10-12/h3,6-8,10H,4-5,9H2,1-2H3,(H2,18,19). The SMILES string of the molecule is COCCN(Cc1ccsc1)C(=O)c1cc(C)c2nc(N)sc2c1. The summed E-state index contributed by atoms with van der Waals surface area (Å²) < 4.78 is 6.10. The van der Waals surface area contributed by atoms with Gasteiger partial charge in [0.15, 0.2) is 5.13 Å². The van der Waals surface area contributed by atoms with E-state index < -0.39 is 0 Å². The van der Waals surface area contributed by atoms with Crippen molar-refractivity contribution in [1.82, 2.24) is 9.88 Å². The van der Waals surface area contributed by atoms with Gasteiger partial charge in [-0.15, -0.1) is 0 Å². The fourth-order valence-electron chi connectivity index (χ4n) is 2.58. The van der Waals surface area contributed by atoms with E-state index in [0.29, 0.717) is 30.4 Å². The fraction of sp³-hybridized carbons (Fsp3) is 0.294. The first-order chi connectivity index (χ1) is 11.6. The Balaban J connectivity index is 1.90. The van der Waals surface area contributed by atoms with E-state index in [-0.39, 0.29) is 5.91 Å². The van der Waals surface area contributed by atoms with Crippen molar-refractivity contribution in [3.05, 3.63) is 45.6 Å². The second kappa shape index (κ2) is 7.29. The van der Waals surface area contributed by atoms with Gasteiger partial charge in [0.1, 0.15) is 0 Å². The Bertz CT molecular complexity index is 843. The molecular formula is C17H19N3O2S2. The van der Waals surface area contributed by atoms with E-state index in [0.717, 1.165) is 21.3 Å². The van der Waals surface area contributed by atoms with Crippen LogP contribution in [0.5, 0.6) is 0 Å². The molecule has 0 aliphatic heterocycles. The van der Waals surface area contributed by atoms with Gasteiger partial charge in [0.05, 0.1) is 16.8 Å². The number of nitrogens with zero attached hydrogens (tertiary/aromatic N) is 2. The third-order valence-electron chi connectivity index (χ3n) is 3.76. The van der Waals surface area contributed by atoms with Crippen LogP contribution in [-0.2, 0) is 11.3 Å². The topological polar surface area (TPSA) is 68.5 Å². The molecule has 0 aliphatic carbocycles. The number of amides is 1. The summed E-state index contributed by atoms with van der Waals surface area (Å²) in [4.78, 5) is 19.1. The third kappa shape index (κ3) is 3.58. The van der Waals surface area contributed by atoms with Gasteiger partial charge in [-0.1, -0.05) is 11.3 Å². The molecule has 0 atom stereocenters. The van der Waals surface area contributed by atoms with Crippen molar-refractivity contribution in [2.75, 3.05) is 26.0 Å². The molecule has 5 nitrogen and oxygen atoms in total. The molecule has 2 aromatic heterocycles. The molecule has 24 heavy (non-hydrogen) atoms. The van der Waals surface area contributed by atoms with Crippen LogP contribution in [0.15, 0.2) is 29.0 Å². The number of nitrogen functional groups attached to an aromatic ring is 1. The van der Waals surface area contributed by atoms with Gasteiger partial charge in [-0.05, 0) is 47.0 Å². The van der Waals surface area contributed by atoms with Crippen LogP contribution in [0, 0.1) is 6.92 Å². The molecule has 2 heterocycles. The lowest BCUT2D eigenvalue weighted by atomic mass is 10.1. The van der Waals surface area contributed by atoms with Crippen molar-refractivity contribution in [3.63, 3.8) is 0 Å². The number of carbonyl (C=O) groups is 1. The number of aromatic nitrogens is 1. The van der Waals surface area contributed by atoms with Crippen LogP contribution in [0.2, 0.25) is 0 Å². The lowest BCUT2D eigenvalue weighted by Crippen LogP contribution is -2.33. The maximum absolute atomic E-state index is 13.0. The van der Waals surface area contributed by atoms with Crippen molar-refractivity contribution in [1.29, 1.82) is 0 Å². The van der Waals surface area contributed by atoms with Gasteiger partial charge in [0, 0.05) is 25.8 Å². The van der Waals surface area contributed by atoms with Crippen molar-refractivity contribution < 1.29 is 9.53 Å². The quantitative estimate of drug-likeness (QED) is 0.729. The van der Waals surface area contributed by atoms with Crippen LogP contribution in [-0.4, -0.2) is 36.1 Å². The highest BCUT2D eigenvalue weighted by molar-refractivity contribution is 7.22. The first-order valence-corrected chi connectivity index (χ1v) is 9.30. The van der Waals surface area contributed by atoms with Crippen molar-refractivity contribution in [3.8, 4) is 0 Å². The molecule has 0 saturated carbocycles. The molecule has 7 heteroatoms. The Morgan fingerprint density at radius 1 is 1.42 bits per heavy atom. The van der Waals surface area contributed by atoms with Crippen LogP contribution in [0.3, 0.4) is 0 Å². The van der Waals surface area contributed by atoms with E-state index in [9.17, 15) is 4.79 Å². The molecule has 2 N–H and O–H groups in total. The molecule has 126 valence electrons. The van der Waals surface area contributed by atoms with E-state index in [1.807, 2.05) is 35.4 Å². The Morgan fingerprint density at radius 2 is 2.25 bits per heavy atom. The highest BCUT2D eigenvalue weighted by Crippen LogP contribution is 2.28. The highest BCUT2D eigenvalue weighted by atomic mass is 32.1. The summed E-state index contributed by atoms with van der Waals surface area (Å²) in [5.41, 5.74) is 9.42. The number of ether oxygens (including phenoxy) is 1. The zero-order valence-electron chi connectivity index (χ0n) is 13.6. The van der Waals surface area contributed by atoms with Gasteiger partial charge in [-0.25, -0.2) is 4.98 Å². The van der Waals surface area contributed by atoms with E-state index >= 15 is 0 Å². The smallest absolute Gasteiger partial charge is 0.254 e. The summed E-state index contributed by atoms with van der Waals surface area (Å²) in [6, 6.07) is 5.81. The first-order valence-electron chi connectivity index (χ1n) is 7.54. The minimum Gasteiger partial charge on any atom is -0.383 e. The normalized spacial score (nSPS) is 11.1. The minimum absolute atomic E-state index is 0.00442. The number of hydrogen-bond acceptors (Lipinski definition) is 6. The van der Waals surface area contributed by atoms with Crippen molar-refractivity contribution in [2.45, 2.75) is 13.5 Å². The molecule has 3 rings (SSSR count). The van der Waals surface area contributed by atoms with E-state index in [4.69, 9.17) is 10.5 Å². The zero-order chi connectivity index (χ0) is 17.1. The number of hydrogen-bond donors (Lipinski definition) is 1. The van der Waals surface area contributed by atoms with Crippen LogP contribution in [0.4, 0.5) is 5.13 Å². The molecular weight excluding hydrogens is 342 g/mol. The maximum atomic E-state index is 13.0. The Kier molecular flexibility index (Phi) is 5.13. The number of thiophene rings is 1. The van der Waals surface area contributed by atoms with Gasteiger partial charge >= 0.3 is 0 Å². The average molecular weight is 361 g/mol. The number of rotatable bonds is 6. The summed E-state index contributed by atoms with van der Waals surface area (Å²) in [6.45, 7) is 3.59. The van der Waals surface area contributed by atoms with Crippen LogP contribution >= 0.6 is 22.7 Å². The van der Waals surface area contributed by atoms with Gasteiger partial charge in [0.2, 0.25) is 0 Å². The number of aryl methyl sites for hydroxylation is 1. The minimum atomic E-state index is -0.00442. The van der Waals surface area contributed by atoms with Gasteiger partial charge in [0.25, 0.3) is 5.91 Å². The highest BCUT2D eigenvalue weighted by Gasteiger charge is 2.18. The predicted octanol–water partition coefficient (Wildman–Crippen LogP) is 3.54. The molecule has 0 radical (unpaired) electrons. The molecule has 3 aromatic rings. The van der Waals surface area contributed by atoms with Crippen molar-refractivity contribution in [2.24, 2.45) is 0 Å². The van der Waals surface area contributed by atoms with E-state index in [1.165, 1.54) is 11.3 Å². The Hall–Kier alpha value is -1.96. The number of fused-ring (bicyclic) bond motifs is 1. The Morgan fingerprint density at radius 3 is 2.96 bits per heavy atom. The number of benzene rings is 1. The van der Waals surface area contributed by atoms with E-state index in [2.05, 4.69) is 10.4 Å². The molecule has 1 aromatic carbocycles. The maximum Gasteiger partial charge on any atom is 0.254 e. The monoisotopic (exact) mass is 361 g/mol. The number of carbonyl (C=O) groups excluding carboxylic acids is 1. The fourth-order valence-corrected chi connectivity index (χ4v) is 4.09. The summed E-state index contributed by atoms with van der Waals surface area (Å²) in [6.07, 6.45) is 0. The van der Waals surface area contributed by atoms with Gasteiger partial charge in [-0.3, -0.25) is 4.79 Å². The second-order valence-electron chi connectivity index (χ2n) is 5.54. The van der Waals surface area contributed by atoms with Crippen molar-refractivity contribution >= 4 is 43.9 Å². The van der Waals surface area contributed by atoms with Gasteiger partial charge in [-0.2, -0.15) is 11.3 Å². The van der Waals surface area contributed by atoms with Crippen LogP contribution < -0.4 is 5.73 Å². The number of methoxy groups -OCH3 is 1. The lowest BCUT2D eigenvalue weighted by molar-refractivity contribution is 0.0680. The Labute approximate surface area is 148 Å². The molecule has 0 saturated heterocycles. The van der Waals surface area contributed by atoms with Gasteiger partial charge < -0.3 is 15.4 Å². The summed E-state index contributed by atoms with van der Waals surface area (Å²) in [5, 5.41) is 4.60. The number of thiazole rings is 1. The second-order valence-corrected chi connectivity index (χ2v) is 7.39. The third-order valence-corrected chi connectivity index (χ3v) is 5.32. The van der Waals surface area contributed by atoms with E-state index in [1.54, 1.807) is 18.4 Å². The lowest BCUT2D eigenvalue weighted by Gasteiger charge is -2.22. The largest absolute Gasteiger partial charge is 0.383 e. The number of nitrogens with two attached hydrogens (primary N) is 1. The molecule has 0 aliphatic rings. The molecule has 1 amide bonds. The molecule has 0 spiro atoms. The summed E-state index contributed by atoms with van der Waals surface area (Å²) >= 11 is 3.04. The number of anilines is 1. The molecule has 0 bridgehead atoms. The molecule has 0 unspecified atom stereocenters. The summed E-state index contributed by atoms with van der Waals surface area (Å²) in [7, 11) is 1.64.